The van der Waals surface area contributed by atoms with Crippen molar-refractivity contribution in [3.8, 4) is 0 Å². The molecule has 3 rings (SSSR count). The third-order valence-corrected chi connectivity index (χ3v) is 4.37. The molecule has 0 nitrogen and oxygen atoms in total. The summed E-state index contributed by atoms with van der Waals surface area (Å²) in [5.41, 5.74) is -0.531. The van der Waals surface area contributed by atoms with Gasteiger partial charge in [0.05, 0.1) is 0 Å². The van der Waals surface area contributed by atoms with Gasteiger partial charge in [-0.2, -0.15) is 0 Å². The van der Waals surface area contributed by atoms with Crippen LogP contribution in [0.5, 0.6) is 0 Å². The molecule has 2 bridgehead atoms. The Bertz CT molecular complexity index is 152. The van der Waals surface area contributed by atoms with Crippen LogP contribution < -0.4 is 0 Å². The molecule has 1 unspecified atom stereocenters. The predicted molar refractivity (Wildman–Crippen MR) is 43.6 cm³/mol. The van der Waals surface area contributed by atoms with Gasteiger partial charge >= 0.3 is 0 Å². The molecule has 3 fully saturated rings. The average molecular weight is 258 g/mol. The zero-order chi connectivity index (χ0) is 7.35. The molecule has 3 saturated carbocycles. The zero-order valence-electron chi connectivity index (χ0n) is 5.49. The fourth-order valence-corrected chi connectivity index (χ4v) is 3.61. The van der Waals surface area contributed by atoms with Crippen LogP contribution in [-0.4, -0.2) is 10.4 Å². The Labute approximate surface area is 72.5 Å². The van der Waals surface area contributed by atoms with E-state index in [1.807, 2.05) is 0 Å². The van der Waals surface area contributed by atoms with Crippen molar-refractivity contribution in [2.24, 2.45) is 11.3 Å². The second-order valence-electron chi connectivity index (χ2n) is 3.55. The molecule has 0 aromatic heterocycles. The van der Waals surface area contributed by atoms with Crippen LogP contribution in [0.25, 0.3) is 0 Å². The molecule has 0 saturated heterocycles. The van der Waals surface area contributed by atoms with Crippen molar-refractivity contribution < 1.29 is 8.78 Å². The molecule has 3 heteroatoms. The van der Waals surface area contributed by atoms with E-state index in [2.05, 4.69) is 22.6 Å². The second-order valence-corrected chi connectivity index (χ2v) is 5.15. The van der Waals surface area contributed by atoms with E-state index in [0.717, 1.165) is 19.3 Å². The van der Waals surface area contributed by atoms with Crippen LogP contribution in [-0.2, 0) is 0 Å². The normalized spacial score (nSPS) is 51.6. The number of halogens is 3. The molecule has 10 heavy (non-hydrogen) atoms. The van der Waals surface area contributed by atoms with Crippen molar-refractivity contribution in [1.82, 2.24) is 0 Å². The summed E-state index contributed by atoms with van der Waals surface area (Å²) in [5.74, 6) is 0.620. The molecule has 0 aromatic rings. The Kier molecular flexibility index (Phi) is 1.48. The maximum absolute atomic E-state index is 12.3. The van der Waals surface area contributed by atoms with E-state index in [1.54, 1.807) is 0 Å². The van der Waals surface area contributed by atoms with Crippen LogP contribution >= 0.6 is 22.6 Å². The van der Waals surface area contributed by atoms with E-state index < -0.39 is 11.8 Å². The van der Waals surface area contributed by atoms with Crippen molar-refractivity contribution in [1.29, 1.82) is 0 Å². The molecule has 0 radical (unpaired) electrons. The Balaban J connectivity index is 2.11. The quantitative estimate of drug-likeness (QED) is 0.501. The van der Waals surface area contributed by atoms with E-state index >= 15 is 0 Å². The standard InChI is InChI=1S/C7H9F2I/c8-6(9)7-1-4(2-7)5(10)3-7/h4-6H,1-3H2. The molecule has 58 valence electrons. The van der Waals surface area contributed by atoms with Gasteiger partial charge in [0.15, 0.2) is 0 Å². The topological polar surface area (TPSA) is 0 Å². The fraction of sp³-hybridized carbons (Fsp3) is 1.00. The third-order valence-electron chi connectivity index (χ3n) is 2.91. The summed E-state index contributed by atoms with van der Waals surface area (Å²) >= 11 is 2.31. The van der Waals surface area contributed by atoms with E-state index in [4.69, 9.17) is 0 Å². The molecule has 0 amide bonds. The minimum atomic E-state index is -2.07. The molecule has 0 spiro atoms. The summed E-state index contributed by atoms with van der Waals surface area (Å²) in [7, 11) is 0. The first-order valence-corrected chi connectivity index (χ1v) is 4.81. The Hall–Kier alpha value is 0.590. The monoisotopic (exact) mass is 258 g/mol. The lowest BCUT2D eigenvalue weighted by Crippen LogP contribution is -2.34. The lowest BCUT2D eigenvalue weighted by atomic mass is 9.70. The molecule has 3 aliphatic carbocycles. The molecule has 0 aliphatic heterocycles. The molecule has 0 N–H and O–H groups in total. The van der Waals surface area contributed by atoms with Gasteiger partial charge in [0.2, 0.25) is 6.43 Å². The molecule has 3 aliphatic rings. The van der Waals surface area contributed by atoms with Gasteiger partial charge in [0, 0.05) is 9.34 Å². The number of rotatable bonds is 1. The van der Waals surface area contributed by atoms with Crippen molar-refractivity contribution in [3.05, 3.63) is 0 Å². The van der Waals surface area contributed by atoms with Crippen LogP contribution in [0.15, 0.2) is 0 Å². The zero-order valence-corrected chi connectivity index (χ0v) is 7.64. The van der Waals surface area contributed by atoms with E-state index in [0.29, 0.717) is 9.84 Å². The minimum Gasteiger partial charge on any atom is -0.210 e. The summed E-state index contributed by atoms with van der Waals surface area (Å²) in [5, 5.41) is 0. The van der Waals surface area contributed by atoms with Gasteiger partial charge in [-0.25, -0.2) is 8.78 Å². The first-order valence-electron chi connectivity index (χ1n) is 3.56. The maximum Gasteiger partial charge on any atom is 0.244 e. The molecular formula is C7H9F2I. The summed E-state index contributed by atoms with van der Waals surface area (Å²) in [6.07, 6.45) is 0.274. The maximum atomic E-state index is 12.3. The Morgan fingerprint density at radius 2 is 1.90 bits per heavy atom. The van der Waals surface area contributed by atoms with Crippen LogP contribution in [0.1, 0.15) is 19.3 Å². The van der Waals surface area contributed by atoms with E-state index in [9.17, 15) is 8.78 Å². The van der Waals surface area contributed by atoms with Crippen molar-refractivity contribution in [2.45, 2.75) is 29.6 Å². The fourth-order valence-electron chi connectivity index (χ4n) is 2.23. The molecule has 1 atom stereocenters. The van der Waals surface area contributed by atoms with Crippen molar-refractivity contribution in [3.63, 3.8) is 0 Å². The average Bonchev–Trinajstić information content (AvgIpc) is 2.16. The summed E-state index contributed by atoms with van der Waals surface area (Å²) in [4.78, 5) is 0. The highest BCUT2D eigenvalue weighted by molar-refractivity contribution is 14.1. The molecule has 0 heterocycles. The highest BCUT2D eigenvalue weighted by Gasteiger charge is 2.59. The van der Waals surface area contributed by atoms with Gasteiger partial charge in [-0.05, 0) is 25.2 Å². The number of alkyl halides is 3. The van der Waals surface area contributed by atoms with Gasteiger partial charge in [0.1, 0.15) is 0 Å². The summed E-state index contributed by atoms with van der Waals surface area (Å²) in [6.45, 7) is 0. The van der Waals surface area contributed by atoms with Crippen molar-refractivity contribution in [2.75, 3.05) is 0 Å². The number of hydrogen-bond donors (Lipinski definition) is 0. The van der Waals surface area contributed by atoms with Gasteiger partial charge in [0.25, 0.3) is 0 Å². The highest BCUT2D eigenvalue weighted by atomic mass is 127. The lowest BCUT2D eigenvalue weighted by molar-refractivity contribution is -0.0499. The molecule has 0 aromatic carbocycles. The van der Waals surface area contributed by atoms with Gasteiger partial charge < -0.3 is 0 Å². The number of fused-ring (bicyclic) bond motifs is 1. The smallest absolute Gasteiger partial charge is 0.210 e. The third kappa shape index (κ3) is 0.756. The van der Waals surface area contributed by atoms with E-state index in [1.165, 1.54) is 0 Å². The van der Waals surface area contributed by atoms with E-state index in [-0.39, 0.29) is 0 Å². The number of hydrogen-bond acceptors (Lipinski definition) is 0. The highest BCUT2D eigenvalue weighted by Crippen LogP contribution is 2.63. The Morgan fingerprint density at radius 3 is 2.10 bits per heavy atom. The molecular weight excluding hydrogens is 249 g/mol. The predicted octanol–water partition coefficient (Wildman–Crippen LogP) is 2.86. The van der Waals surface area contributed by atoms with Crippen LogP contribution in [0.3, 0.4) is 0 Å². The van der Waals surface area contributed by atoms with Gasteiger partial charge in [-0.15, -0.1) is 0 Å². The lowest BCUT2D eigenvalue weighted by Gasteiger charge is -2.37. The summed E-state index contributed by atoms with van der Waals surface area (Å²) in [6, 6.07) is 0. The first-order chi connectivity index (χ1) is 4.64. The summed E-state index contributed by atoms with van der Waals surface area (Å²) < 4.78 is 25.2. The SMILES string of the molecule is FC(F)C12CC(I)C(C1)C2. The van der Waals surface area contributed by atoms with Crippen LogP contribution in [0.2, 0.25) is 0 Å². The van der Waals surface area contributed by atoms with Crippen molar-refractivity contribution >= 4 is 22.6 Å². The first kappa shape index (κ1) is 7.25. The van der Waals surface area contributed by atoms with Crippen LogP contribution in [0, 0.1) is 11.3 Å². The largest absolute Gasteiger partial charge is 0.244 e. The van der Waals surface area contributed by atoms with Gasteiger partial charge in [-0.1, -0.05) is 22.6 Å². The van der Waals surface area contributed by atoms with Gasteiger partial charge in [-0.3, -0.25) is 0 Å². The Morgan fingerprint density at radius 1 is 1.30 bits per heavy atom. The minimum absolute atomic E-state index is 0.531. The second kappa shape index (κ2) is 2.05. The van der Waals surface area contributed by atoms with Crippen LogP contribution in [0.4, 0.5) is 8.78 Å².